The maximum absolute atomic E-state index is 10.7. The van der Waals surface area contributed by atoms with Crippen molar-refractivity contribution in [2.75, 3.05) is 0 Å². The lowest BCUT2D eigenvalue weighted by molar-refractivity contribution is -0.385. The molecule has 13 heavy (non-hydrogen) atoms. The van der Waals surface area contributed by atoms with Gasteiger partial charge in [0, 0.05) is 11.6 Å². The van der Waals surface area contributed by atoms with Crippen LogP contribution in [0.1, 0.15) is 24.8 Å². The van der Waals surface area contributed by atoms with Crippen LogP contribution in [0.4, 0.5) is 5.69 Å². The van der Waals surface area contributed by atoms with E-state index >= 15 is 0 Å². The SMILES string of the molecule is C[C@H]1C[C@@H]1c1ccccc1[N+](=O)[O-]. The fourth-order valence-electron chi connectivity index (χ4n) is 1.72. The fourth-order valence-corrected chi connectivity index (χ4v) is 1.72. The zero-order valence-corrected chi connectivity index (χ0v) is 7.43. The summed E-state index contributed by atoms with van der Waals surface area (Å²) in [5.41, 5.74) is 1.18. The normalized spacial score (nSPS) is 25.6. The van der Waals surface area contributed by atoms with Crippen LogP contribution in [0.2, 0.25) is 0 Å². The summed E-state index contributed by atoms with van der Waals surface area (Å²) in [7, 11) is 0. The van der Waals surface area contributed by atoms with Gasteiger partial charge in [0.15, 0.2) is 0 Å². The zero-order valence-electron chi connectivity index (χ0n) is 7.43. The summed E-state index contributed by atoms with van der Waals surface area (Å²) in [5, 5.41) is 10.7. The van der Waals surface area contributed by atoms with Crippen molar-refractivity contribution >= 4 is 5.69 Å². The molecule has 3 nitrogen and oxygen atoms in total. The first-order valence-electron chi connectivity index (χ1n) is 4.43. The number of hydrogen-bond donors (Lipinski definition) is 0. The summed E-state index contributed by atoms with van der Waals surface area (Å²) >= 11 is 0. The lowest BCUT2D eigenvalue weighted by Gasteiger charge is -1.99. The summed E-state index contributed by atoms with van der Waals surface area (Å²) in [6.45, 7) is 2.13. The lowest BCUT2D eigenvalue weighted by atomic mass is 10.1. The third kappa shape index (κ3) is 1.41. The van der Waals surface area contributed by atoms with E-state index in [-0.39, 0.29) is 10.6 Å². The molecule has 1 saturated carbocycles. The molecule has 1 aromatic carbocycles. The molecule has 1 aliphatic carbocycles. The van der Waals surface area contributed by atoms with E-state index in [1.54, 1.807) is 12.1 Å². The van der Waals surface area contributed by atoms with Crippen molar-refractivity contribution in [3.8, 4) is 0 Å². The number of benzene rings is 1. The van der Waals surface area contributed by atoms with E-state index in [1.165, 1.54) is 0 Å². The Hall–Kier alpha value is -1.38. The van der Waals surface area contributed by atoms with E-state index < -0.39 is 0 Å². The Morgan fingerprint density at radius 3 is 2.62 bits per heavy atom. The molecule has 0 aliphatic heterocycles. The van der Waals surface area contributed by atoms with Gasteiger partial charge in [0.25, 0.3) is 5.69 Å². The first-order valence-corrected chi connectivity index (χ1v) is 4.43. The molecule has 0 heterocycles. The van der Waals surface area contributed by atoms with Crippen molar-refractivity contribution in [2.45, 2.75) is 19.3 Å². The van der Waals surface area contributed by atoms with E-state index in [1.807, 2.05) is 12.1 Å². The van der Waals surface area contributed by atoms with Crippen LogP contribution < -0.4 is 0 Å². The number of rotatable bonds is 2. The monoisotopic (exact) mass is 177 g/mol. The predicted molar refractivity (Wildman–Crippen MR) is 49.6 cm³/mol. The molecule has 3 heteroatoms. The second-order valence-electron chi connectivity index (χ2n) is 3.64. The second-order valence-corrected chi connectivity index (χ2v) is 3.64. The summed E-state index contributed by atoms with van der Waals surface area (Å²) in [5.74, 6) is 1.03. The smallest absolute Gasteiger partial charge is 0.258 e. The van der Waals surface area contributed by atoms with Crippen LogP contribution in [0, 0.1) is 16.0 Å². The molecular weight excluding hydrogens is 166 g/mol. The van der Waals surface area contributed by atoms with Crippen LogP contribution in [-0.4, -0.2) is 4.92 Å². The van der Waals surface area contributed by atoms with Gasteiger partial charge in [0.2, 0.25) is 0 Å². The molecule has 0 amide bonds. The molecule has 2 rings (SSSR count). The van der Waals surface area contributed by atoms with Gasteiger partial charge in [-0.1, -0.05) is 25.1 Å². The van der Waals surface area contributed by atoms with Crippen LogP contribution >= 0.6 is 0 Å². The topological polar surface area (TPSA) is 43.1 Å². The highest BCUT2D eigenvalue weighted by Gasteiger charge is 2.37. The van der Waals surface area contributed by atoms with E-state index in [2.05, 4.69) is 6.92 Å². The fraction of sp³-hybridized carbons (Fsp3) is 0.400. The van der Waals surface area contributed by atoms with Gasteiger partial charge < -0.3 is 0 Å². The van der Waals surface area contributed by atoms with Crippen molar-refractivity contribution in [1.82, 2.24) is 0 Å². The van der Waals surface area contributed by atoms with Crippen molar-refractivity contribution < 1.29 is 4.92 Å². The first kappa shape index (κ1) is 8.23. The summed E-state index contributed by atoms with van der Waals surface area (Å²) in [6, 6.07) is 7.04. The molecule has 1 aromatic rings. The Kier molecular flexibility index (Phi) is 1.79. The van der Waals surface area contributed by atoms with Gasteiger partial charge in [-0.2, -0.15) is 0 Å². The van der Waals surface area contributed by atoms with E-state index in [9.17, 15) is 10.1 Å². The third-order valence-corrected chi connectivity index (χ3v) is 2.64. The maximum Gasteiger partial charge on any atom is 0.272 e. The average molecular weight is 177 g/mol. The molecule has 0 unspecified atom stereocenters. The Bertz CT molecular complexity index is 349. The van der Waals surface area contributed by atoms with Gasteiger partial charge in [-0.3, -0.25) is 10.1 Å². The molecule has 0 saturated heterocycles. The maximum atomic E-state index is 10.7. The van der Waals surface area contributed by atoms with Crippen LogP contribution in [0.5, 0.6) is 0 Å². The van der Waals surface area contributed by atoms with E-state index in [4.69, 9.17) is 0 Å². The summed E-state index contributed by atoms with van der Waals surface area (Å²) < 4.78 is 0. The van der Waals surface area contributed by atoms with Gasteiger partial charge in [-0.15, -0.1) is 0 Å². The molecule has 0 spiro atoms. The van der Waals surface area contributed by atoms with Crippen molar-refractivity contribution in [2.24, 2.45) is 5.92 Å². The quantitative estimate of drug-likeness (QED) is 0.515. The molecule has 0 bridgehead atoms. The number of nitrogens with zero attached hydrogens (tertiary/aromatic N) is 1. The molecular formula is C10H11NO2. The van der Waals surface area contributed by atoms with Crippen LogP contribution in [0.25, 0.3) is 0 Å². The standard InChI is InChI=1S/C10H11NO2/c1-7-6-9(7)8-4-2-3-5-10(8)11(12)13/h2-5,7,9H,6H2,1H3/t7-,9-/m0/s1. The molecule has 1 aliphatic rings. The number of para-hydroxylation sites is 1. The third-order valence-electron chi connectivity index (χ3n) is 2.64. The summed E-state index contributed by atoms with van der Waals surface area (Å²) in [6.07, 6.45) is 1.09. The minimum atomic E-state index is -0.291. The number of nitro groups is 1. The molecule has 0 N–H and O–H groups in total. The molecule has 0 aromatic heterocycles. The van der Waals surface area contributed by atoms with Crippen LogP contribution in [-0.2, 0) is 0 Å². The molecule has 0 radical (unpaired) electrons. The minimum absolute atomic E-state index is 0.275. The number of nitro benzene ring substituents is 1. The minimum Gasteiger partial charge on any atom is -0.258 e. The highest BCUT2D eigenvalue weighted by atomic mass is 16.6. The van der Waals surface area contributed by atoms with Crippen LogP contribution in [0.3, 0.4) is 0 Å². The van der Waals surface area contributed by atoms with Crippen LogP contribution in [0.15, 0.2) is 24.3 Å². The summed E-state index contributed by atoms with van der Waals surface area (Å²) in [4.78, 5) is 10.4. The molecule has 68 valence electrons. The van der Waals surface area contributed by atoms with Gasteiger partial charge >= 0.3 is 0 Å². The Morgan fingerprint density at radius 1 is 1.46 bits per heavy atom. The zero-order chi connectivity index (χ0) is 9.42. The molecule has 2 atom stereocenters. The Labute approximate surface area is 76.5 Å². The van der Waals surface area contributed by atoms with Crippen molar-refractivity contribution in [3.05, 3.63) is 39.9 Å². The highest BCUT2D eigenvalue weighted by molar-refractivity contribution is 5.44. The van der Waals surface area contributed by atoms with Gasteiger partial charge in [-0.25, -0.2) is 0 Å². The van der Waals surface area contributed by atoms with E-state index in [0.717, 1.165) is 12.0 Å². The average Bonchev–Trinajstić information content (AvgIpc) is 2.82. The molecule has 1 fully saturated rings. The lowest BCUT2D eigenvalue weighted by Crippen LogP contribution is -1.93. The number of hydrogen-bond acceptors (Lipinski definition) is 2. The largest absolute Gasteiger partial charge is 0.272 e. The van der Waals surface area contributed by atoms with Gasteiger partial charge in [0.1, 0.15) is 0 Å². The highest BCUT2D eigenvalue weighted by Crippen LogP contribution is 2.49. The first-order chi connectivity index (χ1) is 6.20. The predicted octanol–water partition coefficient (Wildman–Crippen LogP) is 2.72. The van der Waals surface area contributed by atoms with Gasteiger partial charge in [0.05, 0.1) is 4.92 Å². The van der Waals surface area contributed by atoms with Crippen molar-refractivity contribution in [3.63, 3.8) is 0 Å². The van der Waals surface area contributed by atoms with Gasteiger partial charge in [-0.05, 0) is 18.3 Å². The van der Waals surface area contributed by atoms with Crippen molar-refractivity contribution in [1.29, 1.82) is 0 Å². The Morgan fingerprint density at radius 2 is 2.08 bits per heavy atom. The Balaban J connectivity index is 2.38. The second kappa shape index (κ2) is 2.83. The van der Waals surface area contributed by atoms with E-state index in [0.29, 0.717) is 11.8 Å².